The second-order valence-corrected chi connectivity index (χ2v) is 8.07. The predicted molar refractivity (Wildman–Crippen MR) is 112 cm³/mol. The summed E-state index contributed by atoms with van der Waals surface area (Å²) in [7, 11) is 0. The van der Waals surface area contributed by atoms with E-state index in [0.717, 1.165) is 5.56 Å². The first-order valence-electron chi connectivity index (χ1n) is 9.68. The Morgan fingerprint density at radius 2 is 1.90 bits per heavy atom. The molecule has 0 saturated heterocycles. The number of carbonyl (C=O) groups is 1. The minimum Gasteiger partial charge on any atom is -0.449 e. The Balaban J connectivity index is 1.68. The lowest BCUT2D eigenvalue weighted by Crippen LogP contribution is -2.14. The van der Waals surface area contributed by atoms with Crippen LogP contribution in [0.15, 0.2) is 59.4 Å². The Bertz CT molecular complexity index is 1200. The zero-order valence-electron chi connectivity index (χ0n) is 17.3. The zero-order valence-corrected chi connectivity index (χ0v) is 17.3. The average molecular weight is 402 g/mol. The number of hydrogen-bond acceptors (Lipinski definition) is 7. The van der Waals surface area contributed by atoms with Crippen molar-refractivity contribution in [1.29, 1.82) is 0 Å². The average Bonchev–Trinajstić information content (AvgIpc) is 3.24. The van der Waals surface area contributed by atoms with Gasteiger partial charge in [-0.05, 0) is 31.2 Å². The number of fused-ring (bicyclic) bond motifs is 1. The largest absolute Gasteiger partial charge is 0.449 e. The van der Waals surface area contributed by atoms with Crippen molar-refractivity contribution in [2.75, 3.05) is 0 Å². The number of esters is 1. The van der Waals surface area contributed by atoms with Crippen molar-refractivity contribution >= 4 is 16.9 Å². The number of aromatic nitrogens is 4. The maximum Gasteiger partial charge on any atom is 0.339 e. The summed E-state index contributed by atoms with van der Waals surface area (Å²) < 4.78 is 11.0. The standard InChI is InChI=1S/C23H22N4O3/c1-14(20-26-22(27-30-20)23(2,3)4)29-21(28)17-12-19(15-8-7-11-24-13-15)25-18-10-6-5-9-16(17)18/h5-14H,1-4H3. The van der Waals surface area contributed by atoms with Crippen molar-refractivity contribution in [2.45, 2.75) is 39.2 Å². The van der Waals surface area contributed by atoms with Crippen molar-refractivity contribution in [2.24, 2.45) is 0 Å². The van der Waals surface area contributed by atoms with Gasteiger partial charge in [-0.2, -0.15) is 4.98 Å². The molecule has 3 aromatic heterocycles. The van der Waals surface area contributed by atoms with Gasteiger partial charge >= 0.3 is 5.97 Å². The molecule has 1 unspecified atom stereocenters. The molecule has 0 bridgehead atoms. The monoisotopic (exact) mass is 402 g/mol. The fourth-order valence-corrected chi connectivity index (χ4v) is 2.99. The molecule has 1 aromatic carbocycles. The second kappa shape index (κ2) is 7.67. The Labute approximate surface area is 174 Å². The van der Waals surface area contributed by atoms with E-state index in [-0.39, 0.29) is 11.3 Å². The lowest BCUT2D eigenvalue weighted by atomic mass is 9.96. The molecule has 152 valence electrons. The van der Waals surface area contributed by atoms with Gasteiger partial charge in [0, 0.05) is 28.8 Å². The van der Waals surface area contributed by atoms with E-state index in [9.17, 15) is 4.79 Å². The summed E-state index contributed by atoms with van der Waals surface area (Å²) in [6.45, 7) is 7.67. The molecule has 30 heavy (non-hydrogen) atoms. The molecule has 0 spiro atoms. The van der Waals surface area contributed by atoms with Crippen LogP contribution in [0.5, 0.6) is 0 Å². The Hall–Kier alpha value is -3.61. The summed E-state index contributed by atoms with van der Waals surface area (Å²) in [4.78, 5) is 26.3. The fraction of sp³-hybridized carbons (Fsp3) is 0.261. The van der Waals surface area contributed by atoms with Crippen LogP contribution in [-0.4, -0.2) is 26.1 Å². The van der Waals surface area contributed by atoms with Gasteiger partial charge in [-0.25, -0.2) is 9.78 Å². The molecule has 0 aliphatic rings. The molecular weight excluding hydrogens is 380 g/mol. The summed E-state index contributed by atoms with van der Waals surface area (Å²) in [5.74, 6) is 0.342. The van der Waals surface area contributed by atoms with Crippen LogP contribution in [-0.2, 0) is 10.2 Å². The number of carbonyl (C=O) groups excluding carboxylic acids is 1. The molecule has 7 nitrogen and oxygen atoms in total. The smallest absolute Gasteiger partial charge is 0.339 e. The van der Waals surface area contributed by atoms with E-state index in [0.29, 0.717) is 28.0 Å². The Morgan fingerprint density at radius 1 is 1.10 bits per heavy atom. The molecule has 7 heteroatoms. The molecule has 0 saturated carbocycles. The molecule has 0 N–H and O–H groups in total. The molecule has 1 atom stereocenters. The van der Waals surface area contributed by atoms with Crippen LogP contribution in [0.1, 0.15) is 55.9 Å². The molecule has 4 aromatic rings. The van der Waals surface area contributed by atoms with Crippen molar-refractivity contribution in [1.82, 2.24) is 20.1 Å². The third-order valence-corrected chi connectivity index (χ3v) is 4.64. The van der Waals surface area contributed by atoms with Gasteiger partial charge in [0.05, 0.1) is 16.8 Å². The number of nitrogens with zero attached hydrogens (tertiary/aromatic N) is 4. The van der Waals surface area contributed by atoms with E-state index >= 15 is 0 Å². The van der Waals surface area contributed by atoms with Gasteiger partial charge in [-0.15, -0.1) is 0 Å². The molecule has 0 fully saturated rings. The Morgan fingerprint density at radius 3 is 2.60 bits per heavy atom. The van der Waals surface area contributed by atoms with E-state index < -0.39 is 12.1 Å². The van der Waals surface area contributed by atoms with E-state index in [4.69, 9.17) is 9.26 Å². The molecule has 0 aliphatic heterocycles. The van der Waals surface area contributed by atoms with Crippen molar-refractivity contribution in [3.8, 4) is 11.3 Å². The van der Waals surface area contributed by atoms with Gasteiger partial charge in [0.2, 0.25) is 0 Å². The normalized spacial score (nSPS) is 12.7. The maximum absolute atomic E-state index is 13.1. The fourth-order valence-electron chi connectivity index (χ4n) is 2.99. The molecule has 0 aliphatic carbocycles. The number of pyridine rings is 2. The maximum atomic E-state index is 13.1. The van der Waals surface area contributed by atoms with Gasteiger partial charge < -0.3 is 9.26 Å². The van der Waals surface area contributed by atoms with Gasteiger partial charge in [0.25, 0.3) is 5.89 Å². The second-order valence-electron chi connectivity index (χ2n) is 8.07. The highest BCUT2D eigenvalue weighted by molar-refractivity contribution is 6.04. The highest BCUT2D eigenvalue weighted by Gasteiger charge is 2.26. The molecule has 4 rings (SSSR count). The summed E-state index contributed by atoms with van der Waals surface area (Å²) >= 11 is 0. The first-order valence-corrected chi connectivity index (χ1v) is 9.68. The minimum absolute atomic E-state index is 0.259. The molecule has 0 amide bonds. The van der Waals surface area contributed by atoms with Crippen LogP contribution in [0.2, 0.25) is 0 Å². The van der Waals surface area contributed by atoms with Crippen LogP contribution in [0.25, 0.3) is 22.2 Å². The highest BCUT2D eigenvalue weighted by Crippen LogP contribution is 2.27. The zero-order chi connectivity index (χ0) is 21.3. The van der Waals surface area contributed by atoms with Crippen LogP contribution in [0.4, 0.5) is 0 Å². The molecule has 3 heterocycles. The van der Waals surface area contributed by atoms with E-state index in [1.165, 1.54) is 0 Å². The topological polar surface area (TPSA) is 91.0 Å². The number of benzene rings is 1. The lowest BCUT2D eigenvalue weighted by Gasteiger charge is -2.13. The highest BCUT2D eigenvalue weighted by atomic mass is 16.6. The number of para-hydroxylation sites is 1. The van der Waals surface area contributed by atoms with Crippen molar-refractivity contribution in [3.63, 3.8) is 0 Å². The van der Waals surface area contributed by atoms with Gasteiger partial charge in [-0.1, -0.05) is 44.1 Å². The first-order chi connectivity index (χ1) is 14.3. The van der Waals surface area contributed by atoms with Gasteiger partial charge in [0.1, 0.15) is 0 Å². The quantitative estimate of drug-likeness (QED) is 0.449. The first kappa shape index (κ1) is 19.7. The van der Waals surface area contributed by atoms with Crippen LogP contribution >= 0.6 is 0 Å². The van der Waals surface area contributed by atoms with Gasteiger partial charge in [0.15, 0.2) is 11.9 Å². The Kier molecular flexibility index (Phi) is 5.03. The molecular formula is C23H22N4O3. The van der Waals surface area contributed by atoms with Gasteiger partial charge in [-0.3, -0.25) is 4.98 Å². The van der Waals surface area contributed by atoms with E-state index in [1.54, 1.807) is 25.4 Å². The third-order valence-electron chi connectivity index (χ3n) is 4.64. The van der Waals surface area contributed by atoms with E-state index in [2.05, 4.69) is 20.1 Å². The SMILES string of the molecule is CC(OC(=O)c1cc(-c2cccnc2)nc2ccccc12)c1nc(C(C)(C)C)no1. The van der Waals surface area contributed by atoms with Crippen molar-refractivity contribution in [3.05, 3.63) is 72.1 Å². The number of rotatable bonds is 4. The van der Waals surface area contributed by atoms with Crippen LogP contribution in [0.3, 0.4) is 0 Å². The van der Waals surface area contributed by atoms with Crippen molar-refractivity contribution < 1.29 is 14.1 Å². The molecule has 0 radical (unpaired) electrons. The van der Waals surface area contributed by atoms with Crippen LogP contribution < -0.4 is 0 Å². The summed E-state index contributed by atoms with van der Waals surface area (Å²) in [5.41, 5.74) is 2.32. The third kappa shape index (κ3) is 3.91. The summed E-state index contributed by atoms with van der Waals surface area (Å²) in [6, 6.07) is 12.9. The number of ether oxygens (including phenoxy) is 1. The summed E-state index contributed by atoms with van der Waals surface area (Å²) in [6.07, 6.45) is 2.72. The predicted octanol–water partition coefficient (Wildman–Crippen LogP) is 4.90. The number of hydrogen-bond donors (Lipinski definition) is 0. The van der Waals surface area contributed by atoms with Crippen LogP contribution in [0, 0.1) is 0 Å². The lowest BCUT2D eigenvalue weighted by molar-refractivity contribution is 0.0267. The summed E-state index contributed by atoms with van der Waals surface area (Å²) in [5, 5.41) is 4.71. The minimum atomic E-state index is -0.685. The van der Waals surface area contributed by atoms with E-state index in [1.807, 2.05) is 57.2 Å².